The molecule has 0 spiro atoms. The van der Waals surface area contributed by atoms with Crippen molar-refractivity contribution in [3.63, 3.8) is 0 Å². The number of nitrogens with zero attached hydrogens (tertiary/aromatic N) is 4. The van der Waals surface area contributed by atoms with E-state index in [-0.39, 0.29) is 135 Å². The zero-order valence-corrected chi connectivity index (χ0v) is 49.3. The number of allylic oxidation sites excluding steroid dienone is 2. The first-order valence-electron chi connectivity index (χ1n) is 18.5. The summed E-state index contributed by atoms with van der Waals surface area (Å²) in [5.41, 5.74) is 2.27. The molecule has 0 heterocycles. The summed E-state index contributed by atoms with van der Waals surface area (Å²) >= 11 is 0. The zero-order chi connectivity index (χ0) is 51.5. The SMILES string of the molecule is C=CCc1cc(/C=N/OCCO/N=C/c2ccc(/C=N/OCCO/N=C/c3cc(CC=C)cc(OC)c3[O-])c([O-])c2[O-])c([O-])c(OC)c1.CC(=O)[O-].CC(=O)[O-].CC(=O)[O-].CO.CO.CO.[La+3].[Zn+2].[Zn+2]. The third-order valence-corrected chi connectivity index (χ3v) is 6.26. The van der Waals surface area contributed by atoms with Gasteiger partial charge in [0, 0.05) is 39.2 Å². The van der Waals surface area contributed by atoms with Crippen LogP contribution in [0.3, 0.4) is 0 Å². The Labute approximate surface area is 454 Å². The Bertz CT molecular complexity index is 1830. The summed E-state index contributed by atoms with van der Waals surface area (Å²) in [6.07, 6.45) is 9.27. The quantitative estimate of drug-likeness (QED) is 0.0342. The number of hydrogen-bond acceptors (Lipinski definition) is 23. The summed E-state index contributed by atoms with van der Waals surface area (Å²) in [7, 11) is 5.82. The van der Waals surface area contributed by atoms with E-state index in [1.54, 1.807) is 36.4 Å². The molecule has 26 heteroatoms. The van der Waals surface area contributed by atoms with Crippen LogP contribution < -0.4 is 45.2 Å². The number of aliphatic hydroxyl groups excluding tert-OH is 3. The number of carbonyl (C=O) groups excluding carboxylic acids is 3. The molecule has 3 rings (SSSR count). The van der Waals surface area contributed by atoms with E-state index >= 15 is 0 Å². The van der Waals surface area contributed by atoms with Gasteiger partial charge < -0.3 is 94.3 Å². The number of methoxy groups -OCH3 is 2. The second-order valence-electron chi connectivity index (χ2n) is 11.1. The summed E-state index contributed by atoms with van der Waals surface area (Å²) in [6, 6.07) is 9.38. The van der Waals surface area contributed by atoms with Crippen molar-refractivity contribution in [1.82, 2.24) is 0 Å². The number of rotatable bonds is 20. The van der Waals surface area contributed by atoms with E-state index in [9.17, 15) is 20.4 Å². The van der Waals surface area contributed by atoms with Gasteiger partial charge in [0.25, 0.3) is 0 Å². The topological polar surface area (TPSA) is 378 Å². The van der Waals surface area contributed by atoms with E-state index < -0.39 is 29.4 Å². The minimum Gasteiger partial charge on any atom is -0.872 e. The molecule has 0 aliphatic heterocycles. The summed E-state index contributed by atoms with van der Waals surface area (Å²) in [5, 5.41) is 112. The summed E-state index contributed by atoms with van der Waals surface area (Å²) in [6.45, 7) is 10.2. The zero-order valence-electron chi connectivity index (χ0n) is 39.7. The van der Waals surface area contributed by atoms with Crippen LogP contribution in [0, 0.1) is 35.6 Å². The van der Waals surface area contributed by atoms with E-state index in [0.717, 1.165) is 65.7 Å². The number of aliphatic hydroxyl groups is 3. The molecule has 0 atom stereocenters. The molecule has 69 heavy (non-hydrogen) atoms. The fourth-order valence-electron chi connectivity index (χ4n) is 3.96. The van der Waals surface area contributed by atoms with Gasteiger partial charge in [-0.15, -0.1) is 24.7 Å². The van der Waals surface area contributed by atoms with E-state index in [1.165, 1.54) is 38.8 Å². The third kappa shape index (κ3) is 40.2. The van der Waals surface area contributed by atoms with Crippen LogP contribution in [0.1, 0.15) is 54.2 Å². The van der Waals surface area contributed by atoms with Gasteiger partial charge in [-0.05, 0) is 79.1 Å². The second-order valence-corrected chi connectivity index (χ2v) is 11.1. The molecule has 0 bridgehead atoms. The largest absolute Gasteiger partial charge is 3.00 e. The molecule has 0 aromatic heterocycles. The van der Waals surface area contributed by atoms with Gasteiger partial charge in [0.1, 0.15) is 11.5 Å². The molecule has 368 valence electrons. The summed E-state index contributed by atoms with van der Waals surface area (Å²) in [4.78, 5) is 46.9. The van der Waals surface area contributed by atoms with Gasteiger partial charge in [-0.2, -0.15) is 0 Å². The molecule has 0 aliphatic rings. The van der Waals surface area contributed by atoms with Gasteiger partial charge in [-0.3, -0.25) is 0 Å². The Morgan fingerprint density at radius 3 is 0.957 bits per heavy atom. The van der Waals surface area contributed by atoms with Crippen LogP contribution in [0.5, 0.6) is 34.5 Å². The van der Waals surface area contributed by atoms with Crippen molar-refractivity contribution in [2.45, 2.75) is 33.6 Å². The predicted octanol–water partition coefficient (Wildman–Crippen LogP) is -2.65. The maximum atomic E-state index is 12.4. The number of carboxylic acid groups (broad SMARTS) is 3. The first-order valence-corrected chi connectivity index (χ1v) is 18.5. The fraction of sp³-hybridized carbons (Fsp3) is 0.326. The van der Waals surface area contributed by atoms with Crippen molar-refractivity contribution >= 4 is 42.8 Å². The van der Waals surface area contributed by atoms with Gasteiger partial charge in [0.05, 0.1) is 39.1 Å². The predicted molar refractivity (Wildman–Crippen MR) is 229 cm³/mol. The standard InChI is InChI=1S/C34H38N4O10.3C2H4O2.3CH4O.La.2Zn/c1-5-7-23-15-27(31(39)29(17-23)43-3)21-37-47-13-11-45-35-19-25-9-10-26(34(42)33(25)41)20-36-46-12-14-48-38-22-28-16-24(8-6-2)18-30(44-4)32(28)40;3*1-2(3)4;3*1-2;;;/h5-6,9-10,15-22,39-42H,1-2,7-8,11-14H2,3-4H3;3*1H3,(H,3,4);3*2H,1H3;;;/q;;;;;;;+3;2*+2/p-7/b35-19+,36-20+,37-21+,38-22+;;;;;;;;;. The van der Waals surface area contributed by atoms with Gasteiger partial charge in [0.2, 0.25) is 0 Å². The van der Waals surface area contributed by atoms with E-state index in [4.69, 9.17) is 73.8 Å². The fourth-order valence-corrected chi connectivity index (χ4v) is 3.96. The van der Waals surface area contributed by atoms with Crippen LogP contribution in [-0.4, -0.2) is 120 Å². The normalized spacial score (nSPS) is 9.26. The average molecular weight is 1200 g/mol. The molecular weight excluding hydrogens is 1150 g/mol. The first kappa shape index (κ1) is 77.8. The van der Waals surface area contributed by atoms with Crippen LogP contribution >= 0.6 is 0 Å². The van der Waals surface area contributed by atoms with Gasteiger partial charge in [-0.25, -0.2) is 0 Å². The van der Waals surface area contributed by atoms with E-state index in [0.29, 0.717) is 24.0 Å². The Kier molecular flexibility index (Phi) is 58.5. The molecule has 0 saturated heterocycles. The molecule has 0 amide bonds. The second kappa shape index (κ2) is 51.9. The van der Waals surface area contributed by atoms with Crippen molar-refractivity contribution in [3.05, 3.63) is 95.1 Å². The molecule has 0 unspecified atom stereocenters. The van der Waals surface area contributed by atoms with Crippen LogP contribution in [0.25, 0.3) is 0 Å². The molecule has 3 aromatic carbocycles. The smallest absolute Gasteiger partial charge is 0.872 e. The van der Waals surface area contributed by atoms with Crippen molar-refractivity contribution in [1.29, 1.82) is 0 Å². The number of carbonyl (C=O) groups is 3. The molecule has 23 nitrogen and oxygen atoms in total. The van der Waals surface area contributed by atoms with Crippen LogP contribution in [0.4, 0.5) is 0 Å². The summed E-state index contributed by atoms with van der Waals surface area (Å²) < 4.78 is 10.2. The number of hydrogen-bond donors (Lipinski definition) is 3. The van der Waals surface area contributed by atoms with Crippen molar-refractivity contribution in [3.8, 4) is 34.5 Å². The van der Waals surface area contributed by atoms with Crippen molar-refractivity contribution in [2.75, 3.05) is 62.0 Å². The third-order valence-electron chi connectivity index (χ3n) is 6.26. The number of carboxylic acids is 3. The van der Waals surface area contributed by atoms with E-state index in [1.807, 2.05) is 0 Å². The van der Waals surface area contributed by atoms with Crippen LogP contribution in [0.2, 0.25) is 0 Å². The minimum absolute atomic E-state index is 0. The minimum atomic E-state index is -1.08. The molecular formula is C43H55LaN4O19Zn2. The molecule has 0 radical (unpaired) electrons. The summed E-state index contributed by atoms with van der Waals surface area (Å²) in [5.74, 6) is -5.14. The molecule has 3 aromatic rings. The van der Waals surface area contributed by atoms with Crippen LogP contribution in [0.15, 0.2) is 82.3 Å². The van der Waals surface area contributed by atoms with Crippen molar-refractivity contribution < 1.29 is 169 Å². The number of benzene rings is 3. The Morgan fingerprint density at radius 1 is 0.507 bits per heavy atom. The average Bonchev–Trinajstić information content (AvgIpc) is 3.28. The molecule has 0 fully saturated rings. The Hall–Kier alpha value is -5.45. The maximum absolute atomic E-state index is 12.4. The molecule has 0 aliphatic carbocycles. The number of aliphatic carboxylic acids is 3. The van der Waals surface area contributed by atoms with Gasteiger partial charge in [0.15, 0.2) is 26.4 Å². The van der Waals surface area contributed by atoms with Gasteiger partial charge in [-0.1, -0.05) is 68.5 Å². The Morgan fingerprint density at radius 2 is 0.739 bits per heavy atom. The maximum Gasteiger partial charge on any atom is 3.00 e. The number of oxime groups is 4. The molecule has 0 saturated carbocycles. The van der Waals surface area contributed by atoms with Gasteiger partial charge >= 0.3 is 74.6 Å². The Balaban J connectivity index is -0.000000318. The number of ether oxygens (including phenoxy) is 2. The van der Waals surface area contributed by atoms with E-state index in [2.05, 4.69) is 33.8 Å². The first-order chi connectivity index (χ1) is 31.5. The van der Waals surface area contributed by atoms with Crippen molar-refractivity contribution in [2.24, 2.45) is 20.6 Å². The monoisotopic (exact) mass is 1200 g/mol. The van der Waals surface area contributed by atoms with Crippen LogP contribution in [-0.2, 0) is 85.5 Å². The molecule has 3 N–H and O–H groups in total.